The maximum absolute atomic E-state index is 13.7. The standard InChI is InChI=1S/C30H34N4O5/c1-18-15-31-25(19(2)27(18)37-7)17-34(29(36)39-30(3,4)5)20-13-23(24-16-32-33(6)26(24)14-20)21-11-9-10-12-22(21)28(35)38-8/h9-16H,17H2,1-8H3. The quantitative estimate of drug-likeness (QED) is 0.283. The van der Waals surface area contributed by atoms with E-state index in [1.54, 1.807) is 41.2 Å². The van der Waals surface area contributed by atoms with Crippen LogP contribution in [0.1, 0.15) is 48.0 Å². The largest absolute Gasteiger partial charge is 0.496 e. The smallest absolute Gasteiger partial charge is 0.415 e. The molecule has 0 atom stereocenters. The van der Waals surface area contributed by atoms with Gasteiger partial charge in [-0.15, -0.1) is 0 Å². The summed E-state index contributed by atoms with van der Waals surface area (Å²) in [5, 5.41) is 5.28. The summed E-state index contributed by atoms with van der Waals surface area (Å²) < 4.78 is 18.2. The molecule has 204 valence electrons. The lowest BCUT2D eigenvalue weighted by molar-refractivity contribution is 0.0573. The average molecular weight is 531 g/mol. The fourth-order valence-corrected chi connectivity index (χ4v) is 4.58. The van der Waals surface area contributed by atoms with Crippen molar-refractivity contribution in [2.45, 2.75) is 46.8 Å². The third-order valence-corrected chi connectivity index (χ3v) is 6.46. The van der Waals surface area contributed by atoms with Crippen LogP contribution in [-0.2, 0) is 23.1 Å². The molecule has 0 fully saturated rings. The number of carbonyl (C=O) groups is 2. The number of carbonyl (C=O) groups excluding carboxylic acids is 2. The second-order valence-electron chi connectivity index (χ2n) is 10.3. The van der Waals surface area contributed by atoms with Crippen molar-refractivity contribution < 1.29 is 23.8 Å². The molecule has 0 radical (unpaired) electrons. The van der Waals surface area contributed by atoms with Crippen LogP contribution in [0.4, 0.5) is 10.5 Å². The molecule has 0 saturated heterocycles. The van der Waals surface area contributed by atoms with Gasteiger partial charge in [0, 0.05) is 29.8 Å². The van der Waals surface area contributed by atoms with Crippen molar-refractivity contribution in [2.24, 2.45) is 7.05 Å². The van der Waals surface area contributed by atoms with E-state index in [4.69, 9.17) is 14.2 Å². The van der Waals surface area contributed by atoms with Crippen molar-refractivity contribution in [1.82, 2.24) is 14.8 Å². The Hall–Kier alpha value is -4.40. The lowest BCUT2D eigenvalue weighted by Crippen LogP contribution is -2.37. The number of rotatable bonds is 6. The molecule has 2 aromatic heterocycles. The first-order valence-corrected chi connectivity index (χ1v) is 12.6. The molecule has 0 aliphatic carbocycles. The molecule has 0 aliphatic heterocycles. The Bertz CT molecular complexity index is 1550. The number of aromatic nitrogens is 3. The van der Waals surface area contributed by atoms with Gasteiger partial charge in [0.2, 0.25) is 0 Å². The number of ether oxygens (including phenoxy) is 3. The molecule has 39 heavy (non-hydrogen) atoms. The summed E-state index contributed by atoms with van der Waals surface area (Å²) in [7, 11) is 4.80. The average Bonchev–Trinajstić information content (AvgIpc) is 3.27. The van der Waals surface area contributed by atoms with Crippen molar-refractivity contribution in [3.63, 3.8) is 0 Å². The third-order valence-electron chi connectivity index (χ3n) is 6.46. The Morgan fingerprint density at radius 2 is 1.74 bits per heavy atom. The zero-order valence-corrected chi connectivity index (χ0v) is 23.7. The monoisotopic (exact) mass is 530 g/mol. The first kappa shape index (κ1) is 27.6. The fourth-order valence-electron chi connectivity index (χ4n) is 4.58. The molecule has 4 aromatic rings. The third kappa shape index (κ3) is 5.57. The molecule has 0 N–H and O–H groups in total. The number of aryl methyl sites for hydroxylation is 2. The SMILES string of the molecule is COC(=O)c1ccccc1-c1cc(N(Cc2ncc(C)c(OC)c2C)C(=O)OC(C)(C)C)cc2c1cnn2C. The Kier molecular flexibility index (Phi) is 7.63. The van der Waals surface area contributed by atoms with Crippen LogP contribution in [0.5, 0.6) is 5.75 Å². The van der Waals surface area contributed by atoms with Crippen LogP contribution in [0.3, 0.4) is 0 Å². The summed E-state index contributed by atoms with van der Waals surface area (Å²) in [6, 6.07) is 11.0. The molecule has 0 unspecified atom stereocenters. The second kappa shape index (κ2) is 10.8. The number of pyridine rings is 1. The van der Waals surface area contributed by atoms with Gasteiger partial charge in [-0.05, 0) is 63.9 Å². The molecule has 1 amide bonds. The van der Waals surface area contributed by atoms with E-state index in [9.17, 15) is 9.59 Å². The van der Waals surface area contributed by atoms with E-state index in [0.29, 0.717) is 22.5 Å². The summed E-state index contributed by atoms with van der Waals surface area (Å²) in [6.07, 6.45) is 2.95. The number of anilines is 1. The Labute approximate surface area is 228 Å². The predicted molar refractivity (Wildman–Crippen MR) is 150 cm³/mol. The number of esters is 1. The highest BCUT2D eigenvalue weighted by atomic mass is 16.6. The highest BCUT2D eigenvalue weighted by Crippen LogP contribution is 2.37. The van der Waals surface area contributed by atoms with Crippen molar-refractivity contribution in [2.75, 3.05) is 19.1 Å². The lowest BCUT2D eigenvalue weighted by atomic mass is 9.96. The van der Waals surface area contributed by atoms with Gasteiger partial charge < -0.3 is 14.2 Å². The van der Waals surface area contributed by atoms with E-state index in [1.165, 1.54) is 7.11 Å². The topological polar surface area (TPSA) is 95.8 Å². The van der Waals surface area contributed by atoms with Gasteiger partial charge in [0.25, 0.3) is 0 Å². The summed E-state index contributed by atoms with van der Waals surface area (Å²) in [5.41, 5.74) is 4.84. The Morgan fingerprint density at radius 1 is 1.03 bits per heavy atom. The van der Waals surface area contributed by atoms with Gasteiger partial charge in [0.15, 0.2) is 0 Å². The van der Waals surface area contributed by atoms with E-state index < -0.39 is 17.7 Å². The first-order chi connectivity index (χ1) is 18.4. The number of nitrogens with zero attached hydrogens (tertiary/aromatic N) is 4. The minimum Gasteiger partial charge on any atom is -0.496 e. The zero-order chi connectivity index (χ0) is 28.5. The van der Waals surface area contributed by atoms with Crippen LogP contribution in [0.2, 0.25) is 0 Å². The molecule has 9 heteroatoms. The molecule has 0 aliphatic rings. The van der Waals surface area contributed by atoms with E-state index in [2.05, 4.69) is 10.1 Å². The van der Waals surface area contributed by atoms with Gasteiger partial charge in [0.1, 0.15) is 11.4 Å². The number of hydrogen-bond acceptors (Lipinski definition) is 7. The molecule has 0 spiro atoms. The lowest BCUT2D eigenvalue weighted by Gasteiger charge is -2.28. The van der Waals surface area contributed by atoms with Crippen LogP contribution in [-0.4, -0.2) is 46.6 Å². The molecular weight excluding hydrogens is 496 g/mol. The minimum atomic E-state index is -0.723. The maximum Gasteiger partial charge on any atom is 0.415 e. The van der Waals surface area contributed by atoms with E-state index in [0.717, 1.165) is 33.3 Å². The van der Waals surface area contributed by atoms with Crippen molar-refractivity contribution >= 4 is 28.7 Å². The number of methoxy groups -OCH3 is 2. The molecule has 2 heterocycles. The number of amides is 1. The van der Waals surface area contributed by atoms with Crippen LogP contribution in [0, 0.1) is 13.8 Å². The summed E-state index contributed by atoms with van der Waals surface area (Å²) in [5.74, 6) is 0.266. The fraction of sp³-hybridized carbons (Fsp3) is 0.333. The van der Waals surface area contributed by atoms with Crippen LogP contribution < -0.4 is 9.64 Å². The molecule has 0 bridgehead atoms. The van der Waals surface area contributed by atoms with Crippen molar-refractivity contribution in [3.05, 3.63) is 71.2 Å². The molecular formula is C30H34N4O5. The molecule has 2 aromatic carbocycles. The number of fused-ring (bicyclic) bond motifs is 1. The van der Waals surface area contributed by atoms with Crippen molar-refractivity contribution in [1.29, 1.82) is 0 Å². The van der Waals surface area contributed by atoms with Gasteiger partial charge in [-0.25, -0.2) is 9.59 Å². The summed E-state index contributed by atoms with van der Waals surface area (Å²) >= 11 is 0. The van der Waals surface area contributed by atoms with Gasteiger partial charge >= 0.3 is 12.1 Å². The molecule has 0 saturated carbocycles. The highest BCUT2D eigenvalue weighted by Gasteiger charge is 2.27. The molecule has 9 nitrogen and oxygen atoms in total. The second-order valence-corrected chi connectivity index (χ2v) is 10.3. The van der Waals surface area contributed by atoms with Gasteiger partial charge in [0.05, 0.1) is 49.4 Å². The van der Waals surface area contributed by atoms with E-state index in [1.807, 2.05) is 65.9 Å². The number of hydrogen-bond donors (Lipinski definition) is 0. The van der Waals surface area contributed by atoms with Crippen LogP contribution >= 0.6 is 0 Å². The minimum absolute atomic E-state index is 0.138. The van der Waals surface area contributed by atoms with E-state index >= 15 is 0 Å². The number of benzene rings is 2. The van der Waals surface area contributed by atoms with Gasteiger partial charge in [-0.2, -0.15) is 5.10 Å². The van der Waals surface area contributed by atoms with Crippen LogP contribution in [0.15, 0.2) is 48.8 Å². The normalized spacial score (nSPS) is 11.4. The predicted octanol–water partition coefficient (Wildman–Crippen LogP) is 5.99. The van der Waals surface area contributed by atoms with E-state index in [-0.39, 0.29) is 6.54 Å². The van der Waals surface area contributed by atoms with Gasteiger partial charge in [-0.3, -0.25) is 14.6 Å². The summed E-state index contributed by atoms with van der Waals surface area (Å²) in [6.45, 7) is 9.45. The van der Waals surface area contributed by atoms with Crippen LogP contribution in [0.25, 0.3) is 22.0 Å². The van der Waals surface area contributed by atoms with Crippen molar-refractivity contribution in [3.8, 4) is 16.9 Å². The summed E-state index contributed by atoms with van der Waals surface area (Å²) in [4.78, 5) is 32.5. The Balaban J connectivity index is 1.95. The highest BCUT2D eigenvalue weighted by molar-refractivity contribution is 6.05. The first-order valence-electron chi connectivity index (χ1n) is 12.6. The maximum atomic E-state index is 13.7. The zero-order valence-electron chi connectivity index (χ0n) is 23.7. The van der Waals surface area contributed by atoms with Gasteiger partial charge in [-0.1, -0.05) is 18.2 Å². The molecule has 4 rings (SSSR count). The Morgan fingerprint density at radius 3 is 2.41 bits per heavy atom.